The van der Waals surface area contributed by atoms with Crippen LogP contribution in [-0.4, -0.2) is 68.1 Å². The number of piperazine rings is 1. The molecule has 0 spiro atoms. The molecule has 1 aromatic heterocycles. The summed E-state index contributed by atoms with van der Waals surface area (Å²) in [6, 6.07) is 14.9. The number of benzene rings is 2. The molecule has 37 heavy (non-hydrogen) atoms. The Hall–Kier alpha value is -3.99. The summed E-state index contributed by atoms with van der Waals surface area (Å²) in [4.78, 5) is 34.1. The van der Waals surface area contributed by atoms with Crippen molar-refractivity contribution in [2.45, 2.75) is 11.8 Å². The van der Waals surface area contributed by atoms with Crippen LogP contribution in [0.2, 0.25) is 0 Å². The van der Waals surface area contributed by atoms with Gasteiger partial charge in [-0.25, -0.2) is 17.8 Å². The van der Waals surface area contributed by atoms with Gasteiger partial charge in [0.1, 0.15) is 17.7 Å². The molecular formula is C26H26FN5O4S. The van der Waals surface area contributed by atoms with E-state index in [1.807, 2.05) is 18.2 Å². The first-order chi connectivity index (χ1) is 17.8. The minimum absolute atomic E-state index is 0.137. The van der Waals surface area contributed by atoms with Crippen LogP contribution in [0.25, 0.3) is 0 Å². The summed E-state index contributed by atoms with van der Waals surface area (Å²) in [5, 5.41) is 5.71. The number of halogens is 1. The first-order valence-electron chi connectivity index (χ1n) is 11.9. The average molecular weight is 524 g/mol. The van der Waals surface area contributed by atoms with Gasteiger partial charge in [-0.3, -0.25) is 9.59 Å². The normalized spacial score (nSPS) is 17.5. The Balaban J connectivity index is 1.21. The second kappa shape index (κ2) is 10.2. The molecule has 5 rings (SSSR count). The molecule has 2 aliphatic rings. The lowest BCUT2D eigenvalue weighted by Gasteiger charge is -2.35. The molecule has 1 atom stereocenters. The van der Waals surface area contributed by atoms with Crippen LogP contribution in [0.3, 0.4) is 0 Å². The molecule has 3 heterocycles. The molecule has 2 aromatic carbocycles. The number of carbonyl (C=O) groups excluding carboxylic acids is 2. The lowest BCUT2D eigenvalue weighted by atomic mass is 10.1. The van der Waals surface area contributed by atoms with Crippen molar-refractivity contribution < 1.29 is 22.4 Å². The molecule has 1 saturated heterocycles. The summed E-state index contributed by atoms with van der Waals surface area (Å²) >= 11 is 0. The van der Waals surface area contributed by atoms with E-state index in [0.29, 0.717) is 48.7 Å². The Kier molecular flexibility index (Phi) is 6.79. The van der Waals surface area contributed by atoms with Gasteiger partial charge >= 0.3 is 0 Å². The van der Waals surface area contributed by atoms with Gasteiger partial charge in [0.15, 0.2) is 9.84 Å². The Labute approximate surface area is 214 Å². The molecule has 2 N–H and O–H groups in total. The van der Waals surface area contributed by atoms with Crippen LogP contribution >= 0.6 is 0 Å². The third kappa shape index (κ3) is 5.72. The quantitative estimate of drug-likeness (QED) is 0.511. The van der Waals surface area contributed by atoms with Crippen molar-refractivity contribution in [2.75, 3.05) is 47.5 Å². The van der Waals surface area contributed by atoms with Gasteiger partial charge in [0, 0.05) is 37.9 Å². The predicted molar refractivity (Wildman–Crippen MR) is 139 cm³/mol. The standard InChI is InChI=1S/C26H26FN5O4S/c27-20-7-4-18(5-8-20)16-37(35,36)17-23-25(33)30-22-15-19(6-9-21(22)29-23)26(34)32-13-11-31(12-14-32)24-3-1-2-10-28-24/h1-10,15,23,29H,11-14,16-17H2,(H,30,33)/t23-/m1/s1. The fourth-order valence-corrected chi connectivity index (χ4v) is 6.07. The van der Waals surface area contributed by atoms with Gasteiger partial charge in [-0.15, -0.1) is 0 Å². The molecule has 0 radical (unpaired) electrons. The fourth-order valence-electron chi connectivity index (χ4n) is 4.51. The number of sulfone groups is 1. The number of carbonyl (C=O) groups is 2. The molecule has 11 heteroatoms. The first-order valence-corrected chi connectivity index (χ1v) is 13.7. The van der Waals surface area contributed by atoms with Crippen LogP contribution < -0.4 is 15.5 Å². The number of fused-ring (bicyclic) bond motifs is 1. The molecule has 192 valence electrons. The molecule has 0 unspecified atom stereocenters. The fraction of sp³-hybridized carbons (Fsp3) is 0.269. The van der Waals surface area contributed by atoms with Crippen molar-refractivity contribution in [2.24, 2.45) is 0 Å². The number of amides is 2. The number of nitrogens with one attached hydrogen (secondary N) is 2. The van der Waals surface area contributed by atoms with E-state index in [0.717, 1.165) is 5.82 Å². The maximum atomic E-state index is 13.1. The monoisotopic (exact) mass is 523 g/mol. The maximum Gasteiger partial charge on any atom is 0.254 e. The number of pyridine rings is 1. The summed E-state index contributed by atoms with van der Waals surface area (Å²) in [5.74, 6) is -0.920. The summed E-state index contributed by atoms with van der Waals surface area (Å²) in [6.45, 7) is 2.43. The van der Waals surface area contributed by atoms with E-state index >= 15 is 0 Å². The van der Waals surface area contributed by atoms with Crippen LogP contribution in [0.15, 0.2) is 66.9 Å². The molecule has 9 nitrogen and oxygen atoms in total. The number of hydrogen-bond acceptors (Lipinski definition) is 7. The number of aromatic nitrogens is 1. The van der Waals surface area contributed by atoms with E-state index in [4.69, 9.17) is 0 Å². The highest BCUT2D eigenvalue weighted by molar-refractivity contribution is 7.90. The van der Waals surface area contributed by atoms with Crippen molar-refractivity contribution >= 4 is 38.8 Å². The van der Waals surface area contributed by atoms with Gasteiger partial charge in [0.05, 0.1) is 22.9 Å². The second-order valence-electron chi connectivity index (χ2n) is 9.09. The van der Waals surface area contributed by atoms with Crippen LogP contribution in [0, 0.1) is 5.82 Å². The van der Waals surface area contributed by atoms with Crippen molar-refractivity contribution in [1.29, 1.82) is 0 Å². The van der Waals surface area contributed by atoms with Gasteiger partial charge in [-0.05, 0) is 48.0 Å². The zero-order chi connectivity index (χ0) is 26.0. The van der Waals surface area contributed by atoms with Crippen molar-refractivity contribution in [1.82, 2.24) is 9.88 Å². The lowest BCUT2D eigenvalue weighted by Crippen LogP contribution is -2.49. The van der Waals surface area contributed by atoms with Crippen LogP contribution in [0.1, 0.15) is 15.9 Å². The zero-order valence-electron chi connectivity index (χ0n) is 19.9. The van der Waals surface area contributed by atoms with E-state index < -0.39 is 33.4 Å². The highest BCUT2D eigenvalue weighted by Gasteiger charge is 2.31. The van der Waals surface area contributed by atoms with Gasteiger partial charge in [-0.2, -0.15) is 0 Å². The minimum Gasteiger partial charge on any atom is -0.371 e. The number of hydrogen-bond donors (Lipinski definition) is 2. The Bertz CT molecular complexity index is 1410. The lowest BCUT2D eigenvalue weighted by molar-refractivity contribution is -0.116. The molecule has 0 saturated carbocycles. The smallest absolute Gasteiger partial charge is 0.254 e. The first kappa shape index (κ1) is 24.7. The highest BCUT2D eigenvalue weighted by Crippen LogP contribution is 2.29. The minimum atomic E-state index is -3.66. The van der Waals surface area contributed by atoms with Crippen LogP contribution in [0.5, 0.6) is 0 Å². The molecule has 0 aliphatic carbocycles. The van der Waals surface area contributed by atoms with Gasteiger partial charge in [0.25, 0.3) is 5.91 Å². The average Bonchev–Trinajstić information content (AvgIpc) is 2.90. The van der Waals surface area contributed by atoms with Crippen LogP contribution in [0.4, 0.5) is 21.6 Å². The number of anilines is 3. The van der Waals surface area contributed by atoms with Crippen molar-refractivity contribution in [3.05, 3.63) is 83.8 Å². The molecular weight excluding hydrogens is 497 g/mol. The highest BCUT2D eigenvalue weighted by atomic mass is 32.2. The summed E-state index contributed by atoms with van der Waals surface area (Å²) in [5.41, 5.74) is 1.85. The Morgan fingerprint density at radius 2 is 1.76 bits per heavy atom. The second-order valence-corrected chi connectivity index (χ2v) is 11.2. The van der Waals surface area contributed by atoms with Gasteiger partial charge < -0.3 is 20.4 Å². The van der Waals surface area contributed by atoms with E-state index in [9.17, 15) is 22.4 Å². The molecule has 1 fully saturated rings. The number of rotatable bonds is 6. The largest absolute Gasteiger partial charge is 0.371 e. The topological polar surface area (TPSA) is 112 Å². The Morgan fingerprint density at radius 1 is 1.00 bits per heavy atom. The third-order valence-electron chi connectivity index (χ3n) is 6.43. The summed E-state index contributed by atoms with van der Waals surface area (Å²) in [7, 11) is -3.66. The maximum absolute atomic E-state index is 13.1. The van der Waals surface area contributed by atoms with Gasteiger partial charge in [-0.1, -0.05) is 18.2 Å². The van der Waals surface area contributed by atoms with E-state index in [2.05, 4.69) is 20.5 Å². The zero-order valence-corrected chi connectivity index (χ0v) is 20.7. The van der Waals surface area contributed by atoms with Gasteiger partial charge in [0.2, 0.25) is 5.91 Å². The van der Waals surface area contributed by atoms with E-state index in [-0.39, 0.29) is 11.7 Å². The summed E-state index contributed by atoms with van der Waals surface area (Å²) in [6.07, 6.45) is 1.74. The van der Waals surface area contributed by atoms with Crippen LogP contribution in [-0.2, 0) is 20.4 Å². The molecule has 0 bridgehead atoms. The predicted octanol–water partition coefficient (Wildman–Crippen LogP) is 2.53. The summed E-state index contributed by atoms with van der Waals surface area (Å²) < 4.78 is 38.5. The molecule has 2 aliphatic heterocycles. The SMILES string of the molecule is O=C1Nc2cc(C(=O)N3CCN(c4ccccn4)CC3)ccc2N[C@@H]1CS(=O)(=O)Cc1ccc(F)cc1. The van der Waals surface area contributed by atoms with E-state index in [1.165, 1.54) is 24.3 Å². The van der Waals surface area contributed by atoms with Crippen molar-refractivity contribution in [3.63, 3.8) is 0 Å². The molecule has 2 amide bonds. The Morgan fingerprint density at radius 3 is 2.46 bits per heavy atom. The molecule has 3 aromatic rings. The van der Waals surface area contributed by atoms with Crippen molar-refractivity contribution in [3.8, 4) is 0 Å². The third-order valence-corrected chi connectivity index (χ3v) is 8.05. The number of nitrogens with zero attached hydrogens (tertiary/aromatic N) is 3. The van der Waals surface area contributed by atoms with E-state index in [1.54, 1.807) is 29.3 Å².